The molecule has 1 aromatic carbocycles. The largest absolute Gasteiger partial charge is 0.480 e. The minimum absolute atomic E-state index is 0.00725. The molecule has 0 radical (unpaired) electrons. The molecule has 0 fully saturated rings. The number of ether oxygens (including phenoxy) is 1. The molecule has 1 amide bonds. The highest BCUT2D eigenvalue weighted by atomic mass is 32.2. The molecule has 134 valence electrons. The van der Waals surface area contributed by atoms with Gasteiger partial charge in [-0.15, -0.1) is 0 Å². The number of pyridine rings is 1. The fourth-order valence-electron chi connectivity index (χ4n) is 2.27. The number of nitrogens with zero attached hydrogens (tertiary/aromatic N) is 1. The number of benzene rings is 1. The fraction of sp³-hybridized carbons (Fsp3) is 0.294. The normalized spacial score (nSPS) is 12.4. The monoisotopic (exact) mass is 364 g/mol. The number of carbonyl (C=O) groups is 1. The molecular weight excluding hydrogens is 344 g/mol. The number of nitrogens with one attached hydrogen (secondary N) is 1. The van der Waals surface area contributed by atoms with Gasteiger partial charge < -0.3 is 15.2 Å². The van der Waals surface area contributed by atoms with Crippen molar-refractivity contribution in [3.05, 3.63) is 53.7 Å². The van der Waals surface area contributed by atoms with Gasteiger partial charge in [-0.05, 0) is 29.8 Å². The van der Waals surface area contributed by atoms with Crippen LogP contribution in [0.15, 0.2) is 47.5 Å². The number of hydrogen-bond acceptors (Lipinski definition) is 6. The van der Waals surface area contributed by atoms with Crippen molar-refractivity contribution in [2.75, 3.05) is 19.5 Å². The first-order valence-corrected chi connectivity index (χ1v) is 9.31. The fourth-order valence-corrected chi connectivity index (χ4v) is 3.15. The van der Waals surface area contributed by atoms with Crippen LogP contribution in [-0.2, 0) is 9.84 Å². The number of aliphatic hydroxyl groups is 1. The molecule has 2 N–H and O–H groups in total. The lowest BCUT2D eigenvalue weighted by Gasteiger charge is -2.18. The molecule has 0 saturated carbocycles. The third-order valence-electron chi connectivity index (χ3n) is 3.72. The van der Waals surface area contributed by atoms with Gasteiger partial charge in [-0.2, -0.15) is 0 Å². The molecule has 1 atom stereocenters. The Labute approximate surface area is 146 Å². The summed E-state index contributed by atoms with van der Waals surface area (Å²) in [5.41, 5.74) is 0.836. The van der Waals surface area contributed by atoms with Gasteiger partial charge in [-0.25, -0.2) is 13.4 Å². The molecule has 0 saturated heterocycles. The molecule has 2 rings (SSSR count). The lowest BCUT2D eigenvalue weighted by Crippen LogP contribution is -2.31. The van der Waals surface area contributed by atoms with E-state index in [9.17, 15) is 18.3 Å². The van der Waals surface area contributed by atoms with Gasteiger partial charge in [0.25, 0.3) is 5.91 Å². The molecule has 1 aromatic heterocycles. The maximum Gasteiger partial charge on any atom is 0.257 e. The highest BCUT2D eigenvalue weighted by molar-refractivity contribution is 7.91. The first-order chi connectivity index (χ1) is 11.9. The molecule has 0 spiro atoms. The highest BCUT2D eigenvalue weighted by Crippen LogP contribution is 2.19. The van der Waals surface area contributed by atoms with Gasteiger partial charge in [0.15, 0.2) is 9.84 Å². The van der Waals surface area contributed by atoms with E-state index in [0.717, 1.165) is 0 Å². The summed E-state index contributed by atoms with van der Waals surface area (Å²) in [5.74, 6) is -0.261. The van der Waals surface area contributed by atoms with Crippen molar-refractivity contribution >= 4 is 15.7 Å². The summed E-state index contributed by atoms with van der Waals surface area (Å²) in [5, 5.41) is 12.3. The average molecular weight is 364 g/mol. The summed E-state index contributed by atoms with van der Waals surface area (Å²) < 4.78 is 28.7. The number of amides is 1. The number of aromatic nitrogens is 1. The van der Waals surface area contributed by atoms with Gasteiger partial charge in [0, 0.05) is 6.20 Å². The average Bonchev–Trinajstić information content (AvgIpc) is 2.65. The summed E-state index contributed by atoms with van der Waals surface area (Å²) in [6, 6.07) is 8.56. The summed E-state index contributed by atoms with van der Waals surface area (Å²) in [4.78, 5) is 16.6. The predicted octanol–water partition coefficient (Wildman–Crippen LogP) is 1.35. The van der Waals surface area contributed by atoms with E-state index in [1.165, 1.54) is 25.4 Å². The van der Waals surface area contributed by atoms with Gasteiger partial charge in [0.2, 0.25) is 5.88 Å². The number of hydrogen-bond donors (Lipinski definition) is 2. The third-order valence-corrected chi connectivity index (χ3v) is 5.47. The van der Waals surface area contributed by atoms with Crippen molar-refractivity contribution in [3.63, 3.8) is 0 Å². The van der Waals surface area contributed by atoms with Crippen LogP contribution in [0.4, 0.5) is 0 Å². The van der Waals surface area contributed by atoms with Crippen LogP contribution in [0.1, 0.15) is 28.9 Å². The standard InChI is InChI=1S/C17H20N2O5S/c1-3-25(22,23)13-8-6-12(7-9-13)15(11-20)19-16(21)14-5-4-10-18-17(14)24-2/h4-10,15,20H,3,11H2,1-2H3,(H,19,21)/t15-/m0/s1. The Bertz CT molecular complexity index is 834. The second kappa shape index (κ2) is 8.09. The van der Waals surface area contributed by atoms with Gasteiger partial charge in [0.1, 0.15) is 5.56 Å². The second-order valence-corrected chi connectivity index (χ2v) is 7.52. The lowest BCUT2D eigenvalue weighted by atomic mass is 10.1. The smallest absolute Gasteiger partial charge is 0.257 e. The summed E-state index contributed by atoms with van der Waals surface area (Å²) in [6.45, 7) is 1.23. The van der Waals surface area contributed by atoms with Crippen LogP contribution in [0, 0.1) is 0 Å². The van der Waals surface area contributed by atoms with Crippen LogP contribution >= 0.6 is 0 Å². The Kier molecular flexibility index (Phi) is 6.11. The van der Waals surface area contributed by atoms with Crippen LogP contribution in [0.2, 0.25) is 0 Å². The Morgan fingerprint density at radius 1 is 1.28 bits per heavy atom. The molecule has 1 heterocycles. The molecule has 0 unspecified atom stereocenters. The molecule has 25 heavy (non-hydrogen) atoms. The predicted molar refractivity (Wildman–Crippen MR) is 92.3 cm³/mol. The maximum atomic E-state index is 12.4. The van der Waals surface area contributed by atoms with E-state index in [2.05, 4.69) is 10.3 Å². The number of sulfone groups is 1. The molecule has 0 bridgehead atoms. The van der Waals surface area contributed by atoms with E-state index in [1.54, 1.807) is 31.2 Å². The molecule has 8 heteroatoms. The quantitative estimate of drug-likeness (QED) is 0.768. The summed E-state index contributed by atoms with van der Waals surface area (Å²) in [6.07, 6.45) is 1.51. The van der Waals surface area contributed by atoms with E-state index >= 15 is 0 Å². The van der Waals surface area contributed by atoms with E-state index in [1.807, 2.05) is 0 Å². The van der Waals surface area contributed by atoms with Crippen molar-refractivity contribution < 1.29 is 23.1 Å². The number of carbonyl (C=O) groups excluding carboxylic acids is 1. The lowest BCUT2D eigenvalue weighted by molar-refractivity contribution is 0.0912. The first kappa shape index (κ1) is 18.9. The van der Waals surface area contributed by atoms with Gasteiger partial charge in [-0.1, -0.05) is 19.1 Å². The zero-order valence-corrected chi connectivity index (χ0v) is 14.8. The van der Waals surface area contributed by atoms with Gasteiger partial charge in [-0.3, -0.25) is 4.79 Å². The Morgan fingerprint density at radius 2 is 1.96 bits per heavy atom. The van der Waals surface area contributed by atoms with Crippen molar-refractivity contribution in [2.24, 2.45) is 0 Å². The number of methoxy groups -OCH3 is 1. The zero-order valence-electron chi connectivity index (χ0n) is 14.0. The van der Waals surface area contributed by atoms with Crippen LogP contribution < -0.4 is 10.1 Å². The van der Waals surface area contributed by atoms with Crippen molar-refractivity contribution in [2.45, 2.75) is 17.9 Å². The van der Waals surface area contributed by atoms with Crippen molar-refractivity contribution in [1.29, 1.82) is 0 Å². The zero-order chi connectivity index (χ0) is 18.4. The topological polar surface area (TPSA) is 106 Å². The molecule has 7 nitrogen and oxygen atoms in total. The van der Waals surface area contributed by atoms with Crippen LogP contribution in [0.3, 0.4) is 0 Å². The van der Waals surface area contributed by atoms with Crippen LogP contribution in [0.5, 0.6) is 5.88 Å². The van der Waals surface area contributed by atoms with E-state index < -0.39 is 21.8 Å². The molecular formula is C17H20N2O5S. The van der Waals surface area contributed by atoms with E-state index in [-0.39, 0.29) is 28.7 Å². The molecule has 0 aliphatic carbocycles. The van der Waals surface area contributed by atoms with E-state index in [4.69, 9.17) is 4.74 Å². The Hall–Kier alpha value is -2.45. The van der Waals surface area contributed by atoms with E-state index in [0.29, 0.717) is 5.56 Å². The number of aliphatic hydroxyl groups excluding tert-OH is 1. The Morgan fingerprint density at radius 3 is 2.52 bits per heavy atom. The van der Waals surface area contributed by atoms with Crippen LogP contribution in [-0.4, -0.2) is 43.9 Å². The SMILES string of the molecule is CCS(=O)(=O)c1ccc([C@H](CO)NC(=O)c2cccnc2OC)cc1. The summed E-state index contributed by atoms with van der Waals surface area (Å²) in [7, 11) is -1.88. The van der Waals surface area contributed by atoms with Crippen LogP contribution in [0.25, 0.3) is 0 Å². The van der Waals surface area contributed by atoms with Gasteiger partial charge in [0.05, 0.1) is 30.4 Å². The Balaban J connectivity index is 2.21. The summed E-state index contributed by atoms with van der Waals surface area (Å²) >= 11 is 0. The first-order valence-electron chi connectivity index (χ1n) is 7.66. The van der Waals surface area contributed by atoms with Crippen molar-refractivity contribution in [3.8, 4) is 5.88 Å². The van der Waals surface area contributed by atoms with Crippen molar-refractivity contribution in [1.82, 2.24) is 10.3 Å². The minimum atomic E-state index is -3.30. The number of rotatable bonds is 7. The highest BCUT2D eigenvalue weighted by Gasteiger charge is 2.19. The maximum absolute atomic E-state index is 12.4. The second-order valence-electron chi connectivity index (χ2n) is 5.24. The molecule has 0 aliphatic heterocycles. The molecule has 0 aliphatic rings. The minimum Gasteiger partial charge on any atom is -0.480 e. The molecule has 2 aromatic rings. The third kappa shape index (κ3) is 4.34. The van der Waals surface area contributed by atoms with Gasteiger partial charge >= 0.3 is 0 Å².